The van der Waals surface area contributed by atoms with Gasteiger partial charge >= 0.3 is 0 Å². The summed E-state index contributed by atoms with van der Waals surface area (Å²) < 4.78 is 17.3. The Morgan fingerprint density at radius 2 is 1.74 bits per heavy atom. The molecule has 1 amide bonds. The lowest BCUT2D eigenvalue weighted by Crippen LogP contribution is -2.44. The number of anilines is 2. The number of halogens is 1. The predicted molar refractivity (Wildman–Crippen MR) is 182 cm³/mol. The molecule has 2 heterocycles. The SMILES string of the molecule is CCCC(CC)Oc1ccc(C2=C(c3ccc4c(c3)CC(C)(C)N4C(C)=O)CSc3cc(N)ccc32)cc1.CCCCF. The minimum Gasteiger partial charge on any atom is -0.490 e. The summed E-state index contributed by atoms with van der Waals surface area (Å²) in [6.45, 7) is 12.1. The van der Waals surface area contributed by atoms with Crippen molar-refractivity contribution in [3.05, 3.63) is 82.9 Å². The van der Waals surface area contributed by atoms with Gasteiger partial charge in [0.2, 0.25) is 5.91 Å². The second kappa shape index (κ2) is 14.5. The molecule has 3 aromatic carbocycles. The number of nitrogen functional groups attached to an aromatic ring is 1. The first-order chi connectivity index (χ1) is 20.6. The van der Waals surface area contributed by atoms with Crippen molar-refractivity contribution in [1.29, 1.82) is 0 Å². The number of amides is 1. The van der Waals surface area contributed by atoms with Crippen molar-refractivity contribution in [2.75, 3.05) is 23.1 Å². The summed E-state index contributed by atoms with van der Waals surface area (Å²) in [7, 11) is 0. The molecule has 0 spiro atoms. The zero-order valence-corrected chi connectivity index (χ0v) is 27.5. The summed E-state index contributed by atoms with van der Waals surface area (Å²) in [6.07, 6.45) is 5.98. The molecule has 0 bridgehead atoms. The van der Waals surface area contributed by atoms with Crippen molar-refractivity contribution in [2.45, 2.75) is 96.6 Å². The number of fused-ring (bicyclic) bond motifs is 2. The molecule has 1 atom stereocenters. The van der Waals surface area contributed by atoms with Crippen LogP contribution in [0.3, 0.4) is 0 Å². The van der Waals surface area contributed by atoms with E-state index in [4.69, 9.17) is 10.5 Å². The Morgan fingerprint density at radius 1 is 1.02 bits per heavy atom. The average Bonchev–Trinajstić information content (AvgIpc) is 3.26. The van der Waals surface area contributed by atoms with Crippen LogP contribution in [0.25, 0.3) is 11.1 Å². The summed E-state index contributed by atoms with van der Waals surface area (Å²) in [4.78, 5) is 15.6. The lowest BCUT2D eigenvalue weighted by molar-refractivity contribution is -0.117. The highest BCUT2D eigenvalue weighted by atomic mass is 32.2. The number of rotatable bonds is 9. The van der Waals surface area contributed by atoms with E-state index in [2.05, 4.69) is 82.3 Å². The van der Waals surface area contributed by atoms with Gasteiger partial charge in [0.1, 0.15) is 5.75 Å². The maximum atomic E-state index is 12.5. The highest BCUT2D eigenvalue weighted by molar-refractivity contribution is 7.99. The molecular weight excluding hydrogens is 555 g/mol. The first kappa shape index (κ1) is 32.7. The van der Waals surface area contributed by atoms with Gasteiger partial charge in [-0.3, -0.25) is 9.18 Å². The maximum absolute atomic E-state index is 12.5. The van der Waals surface area contributed by atoms with Crippen LogP contribution in [-0.4, -0.2) is 30.0 Å². The van der Waals surface area contributed by atoms with Crippen LogP contribution < -0.4 is 15.4 Å². The Morgan fingerprint density at radius 3 is 2.35 bits per heavy atom. The minimum absolute atomic E-state index is 0.0905. The van der Waals surface area contributed by atoms with Crippen LogP contribution in [0.2, 0.25) is 0 Å². The Hall–Kier alpha value is -3.25. The van der Waals surface area contributed by atoms with Gasteiger partial charge in [-0.05, 0) is 109 Å². The lowest BCUT2D eigenvalue weighted by atomic mass is 9.88. The maximum Gasteiger partial charge on any atom is 0.224 e. The van der Waals surface area contributed by atoms with Crippen molar-refractivity contribution in [2.24, 2.45) is 0 Å². The van der Waals surface area contributed by atoms with Gasteiger partial charge in [0.15, 0.2) is 0 Å². The quantitative estimate of drug-likeness (QED) is 0.248. The van der Waals surface area contributed by atoms with Crippen molar-refractivity contribution in [3.8, 4) is 5.75 Å². The van der Waals surface area contributed by atoms with Gasteiger partial charge in [-0.1, -0.05) is 57.9 Å². The molecule has 43 heavy (non-hydrogen) atoms. The number of thioether (sulfide) groups is 1. The van der Waals surface area contributed by atoms with Gasteiger partial charge < -0.3 is 15.4 Å². The van der Waals surface area contributed by atoms with Crippen molar-refractivity contribution < 1.29 is 13.9 Å². The highest BCUT2D eigenvalue weighted by Gasteiger charge is 2.38. The fraction of sp³-hybridized carbons (Fsp3) is 0.432. The predicted octanol–water partition coefficient (Wildman–Crippen LogP) is 9.73. The Balaban J connectivity index is 0.000000782. The number of unbranched alkanes of at least 4 members (excludes halogenated alkanes) is 1. The van der Waals surface area contributed by atoms with Crippen LogP contribution in [-0.2, 0) is 11.2 Å². The Kier molecular flexibility index (Phi) is 11.0. The summed E-state index contributed by atoms with van der Waals surface area (Å²) in [5, 5.41) is 0. The summed E-state index contributed by atoms with van der Waals surface area (Å²) in [5.74, 6) is 1.87. The van der Waals surface area contributed by atoms with Gasteiger partial charge in [0.25, 0.3) is 0 Å². The zero-order chi connectivity index (χ0) is 31.1. The molecule has 2 aliphatic rings. The number of carbonyl (C=O) groups excluding carboxylic acids is 1. The van der Waals surface area contributed by atoms with E-state index >= 15 is 0 Å². The third kappa shape index (κ3) is 7.46. The van der Waals surface area contributed by atoms with Crippen LogP contribution >= 0.6 is 11.8 Å². The van der Waals surface area contributed by atoms with Crippen LogP contribution in [0.1, 0.15) is 95.9 Å². The topological polar surface area (TPSA) is 55.6 Å². The zero-order valence-electron chi connectivity index (χ0n) is 26.6. The molecule has 1 unspecified atom stereocenters. The van der Waals surface area contributed by atoms with Gasteiger partial charge in [-0.15, -0.1) is 11.8 Å². The van der Waals surface area contributed by atoms with E-state index in [0.29, 0.717) is 0 Å². The number of nitrogens with two attached hydrogens (primary N) is 1. The molecule has 0 aromatic heterocycles. The van der Waals surface area contributed by atoms with E-state index in [-0.39, 0.29) is 24.2 Å². The van der Waals surface area contributed by atoms with Crippen LogP contribution in [0.4, 0.5) is 15.8 Å². The summed E-state index contributed by atoms with van der Waals surface area (Å²) in [5.41, 5.74) is 15.1. The molecule has 0 saturated heterocycles. The smallest absolute Gasteiger partial charge is 0.224 e. The van der Waals surface area contributed by atoms with E-state index in [0.717, 1.165) is 61.4 Å². The fourth-order valence-electron chi connectivity index (χ4n) is 6.10. The minimum atomic E-state index is -0.223. The van der Waals surface area contributed by atoms with E-state index in [1.165, 1.54) is 38.3 Å². The van der Waals surface area contributed by atoms with E-state index in [9.17, 15) is 9.18 Å². The lowest BCUT2D eigenvalue weighted by Gasteiger charge is -2.31. The van der Waals surface area contributed by atoms with Gasteiger partial charge in [0.05, 0.1) is 12.8 Å². The number of alkyl halides is 1. The molecule has 230 valence electrons. The standard InChI is InChI=1S/C33H38N2O2S.C4H9F/c1-6-8-26(7-2)37-27-13-9-22(10-14-27)32-28-15-12-25(34)18-31(28)38-20-29(32)23-11-16-30-24(17-23)19-33(4,5)35(30)21(3)36;1-2-3-4-5/h9-18,26H,6-8,19-20,34H2,1-5H3;2-4H2,1H3. The fourth-order valence-corrected chi connectivity index (χ4v) is 7.26. The highest BCUT2D eigenvalue weighted by Crippen LogP contribution is 2.47. The third-order valence-corrected chi connectivity index (χ3v) is 9.24. The van der Waals surface area contributed by atoms with Gasteiger partial charge in [-0.2, -0.15) is 0 Å². The van der Waals surface area contributed by atoms with Crippen molar-refractivity contribution in [3.63, 3.8) is 0 Å². The van der Waals surface area contributed by atoms with Gasteiger partial charge in [0, 0.05) is 34.5 Å². The van der Waals surface area contributed by atoms with Crippen LogP contribution in [0.5, 0.6) is 5.75 Å². The first-order valence-electron chi connectivity index (χ1n) is 15.7. The molecular formula is C37H47FN2O2S. The van der Waals surface area contributed by atoms with E-state index in [1.807, 2.05) is 29.7 Å². The Bertz CT molecular complexity index is 1450. The van der Waals surface area contributed by atoms with Crippen LogP contribution in [0.15, 0.2) is 65.6 Å². The number of nitrogens with zero attached hydrogens (tertiary/aromatic N) is 1. The number of hydrogen-bond acceptors (Lipinski definition) is 4. The number of carbonyl (C=O) groups is 1. The molecule has 0 saturated carbocycles. The molecule has 0 radical (unpaired) electrons. The van der Waals surface area contributed by atoms with Crippen LogP contribution in [0, 0.1) is 0 Å². The van der Waals surface area contributed by atoms with Crippen molar-refractivity contribution >= 4 is 40.2 Å². The Labute approximate surface area is 261 Å². The molecule has 6 heteroatoms. The van der Waals surface area contributed by atoms with Crippen molar-refractivity contribution in [1.82, 2.24) is 0 Å². The third-order valence-electron chi connectivity index (χ3n) is 8.16. The molecule has 5 rings (SSSR count). The second-order valence-corrected chi connectivity index (χ2v) is 13.1. The summed E-state index contributed by atoms with van der Waals surface area (Å²) in [6, 6.07) is 21.4. The first-order valence-corrected chi connectivity index (χ1v) is 16.6. The monoisotopic (exact) mass is 602 g/mol. The molecule has 2 aliphatic heterocycles. The molecule has 4 nitrogen and oxygen atoms in total. The van der Waals surface area contributed by atoms with E-state index in [1.54, 1.807) is 6.92 Å². The van der Waals surface area contributed by atoms with E-state index < -0.39 is 0 Å². The number of ether oxygens (including phenoxy) is 1. The number of benzene rings is 3. The van der Waals surface area contributed by atoms with Gasteiger partial charge in [-0.25, -0.2) is 0 Å². The molecule has 0 aliphatic carbocycles. The summed E-state index contributed by atoms with van der Waals surface area (Å²) >= 11 is 1.84. The second-order valence-electron chi connectivity index (χ2n) is 12.1. The largest absolute Gasteiger partial charge is 0.490 e. The molecule has 3 aromatic rings. The number of hydrogen-bond donors (Lipinski definition) is 1. The molecule has 0 fully saturated rings. The average molecular weight is 603 g/mol. The molecule has 2 N–H and O–H groups in total. The normalized spacial score (nSPS) is 15.7.